The fourth-order valence-corrected chi connectivity index (χ4v) is 1.42. The summed E-state index contributed by atoms with van der Waals surface area (Å²) in [5, 5.41) is 0. The van der Waals surface area contributed by atoms with Gasteiger partial charge in [-0.1, -0.05) is 12.1 Å². The van der Waals surface area contributed by atoms with Crippen LogP contribution in [0.4, 0.5) is 4.39 Å². The summed E-state index contributed by atoms with van der Waals surface area (Å²) < 4.78 is 18.9. The van der Waals surface area contributed by atoms with Crippen molar-refractivity contribution in [3.63, 3.8) is 0 Å². The van der Waals surface area contributed by atoms with E-state index in [4.69, 9.17) is 10.5 Å². The van der Waals surface area contributed by atoms with Crippen molar-refractivity contribution in [3.05, 3.63) is 59.7 Å². The summed E-state index contributed by atoms with van der Waals surface area (Å²) in [4.78, 5) is 4.09. The zero-order valence-electron chi connectivity index (χ0n) is 9.27. The first-order chi connectivity index (χ1) is 8.29. The molecule has 0 unspecified atom stereocenters. The SMILES string of the molecule is NCc1ccc(OCc2ccccn2)c(F)c1. The monoisotopic (exact) mass is 232 g/mol. The van der Waals surface area contributed by atoms with Crippen molar-refractivity contribution in [2.75, 3.05) is 0 Å². The lowest BCUT2D eigenvalue weighted by Crippen LogP contribution is -2.01. The maximum Gasteiger partial charge on any atom is 0.165 e. The Kier molecular flexibility index (Phi) is 3.67. The van der Waals surface area contributed by atoms with Crippen LogP contribution in [0, 0.1) is 5.82 Å². The van der Waals surface area contributed by atoms with Crippen molar-refractivity contribution in [1.29, 1.82) is 0 Å². The van der Waals surface area contributed by atoms with E-state index in [1.165, 1.54) is 6.07 Å². The number of halogens is 1. The van der Waals surface area contributed by atoms with Crippen LogP contribution < -0.4 is 10.5 Å². The van der Waals surface area contributed by atoms with Gasteiger partial charge < -0.3 is 10.5 Å². The average Bonchev–Trinajstić information content (AvgIpc) is 2.38. The lowest BCUT2D eigenvalue weighted by molar-refractivity contribution is 0.286. The number of benzene rings is 1. The molecule has 0 atom stereocenters. The Balaban J connectivity index is 2.04. The highest BCUT2D eigenvalue weighted by Gasteiger charge is 2.04. The van der Waals surface area contributed by atoms with Crippen LogP contribution >= 0.6 is 0 Å². The topological polar surface area (TPSA) is 48.1 Å². The molecular formula is C13H13FN2O. The Labute approximate surface area is 99.1 Å². The summed E-state index contributed by atoms with van der Waals surface area (Å²) in [5.41, 5.74) is 6.92. The van der Waals surface area contributed by atoms with Crippen LogP contribution in [0.3, 0.4) is 0 Å². The van der Waals surface area contributed by atoms with E-state index in [0.29, 0.717) is 6.54 Å². The van der Waals surface area contributed by atoms with E-state index in [0.717, 1.165) is 11.3 Å². The molecule has 2 N–H and O–H groups in total. The van der Waals surface area contributed by atoms with Gasteiger partial charge in [0.15, 0.2) is 11.6 Å². The molecule has 2 aromatic rings. The number of pyridine rings is 1. The van der Waals surface area contributed by atoms with Crippen LogP contribution in [0.15, 0.2) is 42.6 Å². The van der Waals surface area contributed by atoms with Crippen LogP contribution in [-0.4, -0.2) is 4.98 Å². The number of aromatic nitrogens is 1. The number of hydrogen-bond donors (Lipinski definition) is 1. The smallest absolute Gasteiger partial charge is 0.165 e. The van der Waals surface area contributed by atoms with Crippen LogP contribution in [0.1, 0.15) is 11.3 Å². The predicted molar refractivity (Wildman–Crippen MR) is 62.9 cm³/mol. The lowest BCUT2D eigenvalue weighted by atomic mass is 10.2. The van der Waals surface area contributed by atoms with Gasteiger partial charge in [-0.2, -0.15) is 0 Å². The van der Waals surface area contributed by atoms with Gasteiger partial charge in [-0.05, 0) is 29.8 Å². The van der Waals surface area contributed by atoms with Crippen LogP contribution in [0.2, 0.25) is 0 Å². The minimum Gasteiger partial charge on any atom is -0.484 e. The number of nitrogens with two attached hydrogens (primary N) is 1. The normalized spacial score (nSPS) is 10.2. The van der Waals surface area contributed by atoms with E-state index in [2.05, 4.69) is 4.98 Å². The average molecular weight is 232 g/mol. The summed E-state index contributed by atoms with van der Waals surface area (Å²) in [6.45, 7) is 0.567. The van der Waals surface area contributed by atoms with Crippen molar-refractivity contribution in [3.8, 4) is 5.75 Å². The number of nitrogens with zero attached hydrogens (tertiary/aromatic N) is 1. The highest BCUT2D eigenvalue weighted by molar-refractivity contribution is 5.29. The van der Waals surface area contributed by atoms with Gasteiger partial charge in [-0.15, -0.1) is 0 Å². The summed E-state index contributed by atoms with van der Waals surface area (Å²) >= 11 is 0. The Bertz CT molecular complexity index is 488. The molecule has 17 heavy (non-hydrogen) atoms. The van der Waals surface area contributed by atoms with Crippen LogP contribution in [0.25, 0.3) is 0 Å². The molecule has 0 saturated heterocycles. The highest BCUT2D eigenvalue weighted by Crippen LogP contribution is 2.19. The Morgan fingerprint density at radius 3 is 2.76 bits per heavy atom. The van der Waals surface area contributed by atoms with E-state index in [1.807, 2.05) is 18.2 Å². The van der Waals surface area contributed by atoms with Gasteiger partial charge in [0.05, 0.1) is 5.69 Å². The van der Waals surface area contributed by atoms with Gasteiger partial charge in [0, 0.05) is 12.7 Å². The first kappa shape index (κ1) is 11.5. The standard InChI is InChI=1S/C13H13FN2O/c14-12-7-10(8-15)4-5-13(12)17-9-11-3-1-2-6-16-11/h1-7H,8-9,15H2. The fraction of sp³-hybridized carbons (Fsp3) is 0.154. The number of hydrogen-bond acceptors (Lipinski definition) is 3. The second kappa shape index (κ2) is 5.41. The maximum atomic E-state index is 13.5. The van der Waals surface area contributed by atoms with Crippen molar-refractivity contribution >= 4 is 0 Å². The second-order valence-corrected chi connectivity index (χ2v) is 3.58. The summed E-state index contributed by atoms with van der Waals surface area (Å²) in [6.07, 6.45) is 1.67. The Morgan fingerprint density at radius 2 is 2.12 bits per heavy atom. The zero-order valence-corrected chi connectivity index (χ0v) is 9.27. The van der Waals surface area contributed by atoms with E-state index in [9.17, 15) is 4.39 Å². The molecule has 0 radical (unpaired) electrons. The maximum absolute atomic E-state index is 13.5. The van der Waals surface area contributed by atoms with Gasteiger partial charge in [0.2, 0.25) is 0 Å². The summed E-state index contributed by atoms with van der Waals surface area (Å²) in [5.74, 6) is -0.184. The lowest BCUT2D eigenvalue weighted by Gasteiger charge is -2.07. The molecule has 1 heterocycles. The molecule has 0 aliphatic carbocycles. The van der Waals surface area contributed by atoms with Gasteiger partial charge >= 0.3 is 0 Å². The second-order valence-electron chi connectivity index (χ2n) is 3.58. The van der Waals surface area contributed by atoms with Crippen molar-refractivity contribution in [1.82, 2.24) is 4.98 Å². The minimum atomic E-state index is -0.399. The molecule has 4 heteroatoms. The largest absolute Gasteiger partial charge is 0.484 e. The molecule has 0 aliphatic rings. The predicted octanol–water partition coefficient (Wildman–Crippen LogP) is 2.26. The minimum absolute atomic E-state index is 0.216. The highest BCUT2D eigenvalue weighted by atomic mass is 19.1. The van der Waals surface area contributed by atoms with E-state index >= 15 is 0 Å². The first-order valence-corrected chi connectivity index (χ1v) is 5.31. The number of ether oxygens (including phenoxy) is 1. The Morgan fingerprint density at radius 1 is 1.24 bits per heavy atom. The fourth-order valence-electron chi connectivity index (χ4n) is 1.42. The van der Waals surface area contributed by atoms with Crippen molar-refractivity contribution < 1.29 is 9.13 Å². The number of rotatable bonds is 4. The third-order valence-electron chi connectivity index (χ3n) is 2.33. The molecule has 3 nitrogen and oxygen atoms in total. The molecule has 0 saturated carbocycles. The molecule has 0 aliphatic heterocycles. The molecule has 1 aromatic heterocycles. The van der Waals surface area contributed by atoms with E-state index in [-0.39, 0.29) is 12.4 Å². The van der Waals surface area contributed by atoms with Gasteiger partial charge in [-0.3, -0.25) is 4.98 Å². The molecular weight excluding hydrogens is 219 g/mol. The van der Waals surface area contributed by atoms with E-state index < -0.39 is 5.82 Å². The van der Waals surface area contributed by atoms with Gasteiger partial charge in [0.25, 0.3) is 0 Å². The first-order valence-electron chi connectivity index (χ1n) is 5.31. The third-order valence-corrected chi connectivity index (χ3v) is 2.33. The molecule has 0 bridgehead atoms. The molecule has 0 spiro atoms. The molecule has 2 rings (SSSR count). The van der Waals surface area contributed by atoms with Gasteiger partial charge in [-0.25, -0.2) is 4.39 Å². The van der Waals surface area contributed by atoms with Crippen molar-refractivity contribution in [2.45, 2.75) is 13.2 Å². The summed E-state index contributed by atoms with van der Waals surface area (Å²) in [6, 6.07) is 10.2. The molecule has 0 amide bonds. The van der Waals surface area contributed by atoms with Gasteiger partial charge in [0.1, 0.15) is 6.61 Å². The van der Waals surface area contributed by atoms with Crippen LogP contribution in [0.5, 0.6) is 5.75 Å². The Hall–Kier alpha value is -1.94. The zero-order chi connectivity index (χ0) is 12.1. The molecule has 1 aromatic carbocycles. The quantitative estimate of drug-likeness (QED) is 0.879. The van der Waals surface area contributed by atoms with E-state index in [1.54, 1.807) is 18.3 Å². The molecule has 0 fully saturated rings. The van der Waals surface area contributed by atoms with Crippen LogP contribution in [-0.2, 0) is 13.2 Å². The van der Waals surface area contributed by atoms with Crippen molar-refractivity contribution in [2.24, 2.45) is 5.73 Å². The third kappa shape index (κ3) is 3.01. The summed E-state index contributed by atoms with van der Waals surface area (Å²) in [7, 11) is 0. The molecule has 88 valence electrons.